The normalized spacial score (nSPS) is 49.3. The Balaban J connectivity index is 1.68. The van der Waals surface area contributed by atoms with E-state index in [0.717, 1.165) is 37.7 Å². The third kappa shape index (κ3) is 2.85. The Morgan fingerprint density at radius 3 is 2.25 bits per heavy atom. The molecule has 0 heterocycles. The van der Waals surface area contributed by atoms with Crippen molar-refractivity contribution in [1.29, 1.82) is 5.26 Å². The van der Waals surface area contributed by atoms with Gasteiger partial charge in [-0.05, 0) is 86.0 Å². The first-order chi connectivity index (χ1) is 16.5. The fourth-order valence-electron chi connectivity index (χ4n) is 9.91. The zero-order valence-corrected chi connectivity index (χ0v) is 23.0. The van der Waals surface area contributed by atoms with Gasteiger partial charge in [-0.25, -0.2) is 0 Å². The fourth-order valence-corrected chi connectivity index (χ4v) is 9.91. The van der Waals surface area contributed by atoms with E-state index in [1.54, 1.807) is 0 Å². The summed E-state index contributed by atoms with van der Waals surface area (Å²) in [5, 5.41) is 19.9. The van der Waals surface area contributed by atoms with E-state index < -0.39 is 22.2 Å². The second-order valence-electron chi connectivity index (χ2n) is 14.6. The summed E-state index contributed by atoms with van der Waals surface area (Å²) in [6, 6.07) is 2.16. The standard InChI is InChI=1S/C31H41NO4/c1-26(2)21-8-9-30(6)22(29(21,5)15-18(17-32)24(26)34)14-20(33)23-19-16-28(4,25(35)36)11-10-27(19,3)12-13-31(23,30)7/h14-15,19,21,23H,8-13,16H2,1-7H3,(H,35,36)/t19?,21-,23?,27+,28-,29-,30+,31+/m0/s1. The molecule has 3 saturated carbocycles. The second kappa shape index (κ2) is 7.21. The van der Waals surface area contributed by atoms with Gasteiger partial charge in [-0.15, -0.1) is 0 Å². The number of fused-ring (bicyclic) bond motifs is 7. The van der Waals surface area contributed by atoms with Crippen molar-refractivity contribution in [3.8, 4) is 6.07 Å². The maximum absolute atomic E-state index is 14.2. The van der Waals surface area contributed by atoms with E-state index in [4.69, 9.17) is 0 Å². The Morgan fingerprint density at radius 1 is 1.00 bits per heavy atom. The zero-order valence-electron chi connectivity index (χ0n) is 23.0. The lowest BCUT2D eigenvalue weighted by Gasteiger charge is -2.69. The molecule has 0 saturated heterocycles. The third-order valence-corrected chi connectivity index (χ3v) is 12.6. The van der Waals surface area contributed by atoms with E-state index in [2.05, 4.69) is 33.8 Å². The number of hydrogen-bond acceptors (Lipinski definition) is 4. The maximum atomic E-state index is 14.2. The number of hydrogen-bond donors (Lipinski definition) is 1. The lowest BCUT2D eigenvalue weighted by Crippen LogP contribution is -2.64. The molecule has 5 aliphatic carbocycles. The van der Waals surface area contributed by atoms with Gasteiger partial charge in [0, 0.05) is 16.7 Å². The van der Waals surface area contributed by atoms with Crippen molar-refractivity contribution in [3.63, 3.8) is 0 Å². The molecule has 0 bridgehead atoms. The molecule has 0 aromatic heterocycles. The topological polar surface area (TPSA) is 95.2 Å². The fraction of sp³-hybridized carbons (Fsp3) is 0.742. The van der Waals surface area contributed by atoms with Gasteiger partial charge in [-0.2, -0.15) is 5.26 Å². The average Bonchev–Trinajstić information content (AvgIpc) is 2.79. The summed E-state index contributed by atoms with van der Waals surface area (Å²) in [4.78, 5) is 39.6. The number of carboxylic acid groups (broad SMARTS) is 1. The van der Waals surface area contributed by atoms with Crippen LogP contribution in [0.4, 0.5) is 0 Å². The molecule has 0 amide bonds. The molecule has 0 aliphatic heterocycles. The Hall–Kier alpha value is -2.22. The molecule has 8 atom stereocenters. The summed E-state index contributed by atoms with van der Waals surface area (Å²) in [5.74, 6) is -0.861. The molecule has 0 aromatic rings. The molecule has 1 N–H and O–H groups in total. The summed E-state index contributed by atoms with van der Waals surface area (Å²) < 4.78 is 0. The van der Waals surface area contributed by atoms with Gasteiger partial charge in [0.05, 0.1) is 11.0 Å². The first kappa shape index (κ1) is 25.4. The monoisotopic (exact) mass is 491 g/mol. The molecule has 5 heteroatoms. The molecule has 0 aromatic carbocycles. The van der Waals surface area contributed by atoms with Gasteiger partial charge in [-0.1, -0.05) is 53.2 Å². The van der Waals surface area contributed by atoms with Crippen molar-refractivity contribution in [2.24, 2.45) is 50.2 Å². The Bertz CT molecular complexity index is 1190. The molecule has 5 nitrogen and oxygen atoms in total. The second-order valence-corrected chi connectivity index (χ2v) is 14.6. The van der Waals surface area contributed by atoms with Crippen LogP contribution in [-0.2, 0) is 14.4 Å². The van der Waals surface area contributed by atoms with Crippen LogP contribution in [-0.4, -0.2) is 22.6 Å². The summed E-state index contributed by atoms with van der Waals surface area (Å²) in [5.41, 5.74) is -1.29. The van der Waals surface area contributed by atoms with Crippen molar-refractivity contribution in [2.45, 2.75) is 93.4 Å². The SMILES string of the molecule is CC1(C)C(=O)C(C#N)=C[C@]2(C)C3=CC(=O)C4C5C[C@@](C)(C(=O)O)CC[C@]5(C)CC[C@@]4(C)[C@]3(C)CC[C@@H]12. The number of aliphatic carboxylic acids is 1. The number of carbonyl (C=O) groups is 3. The van der Waals surface area contributed by atoms with Crippen LogP contribution in [0.25, 0.3) is 0 Å². The molecule has 5 aliphatic rings. The molecule has 3 fully saturated rings. The van der Waals surface area contributed by atoms with E-state index in [1.807, 2.05) is 32.9 Å². The van der Waals surface area contributed by atoms with Gasteiger partial charge < -0.3 is 5.11 Å². The number of carboxylic acids is 1. The summed E-state index contributed by atoms with van der Waals surface area (Å²) in [6.07, 6.45) is 9.51. The minimum atomic E-state index is -0.796. The quantitative estimate of drug-likeness (QED) is 0.465. The van der Waals surface area contributed by atoms with E-state index in [1.165, 1.54) is 0 Å². The highest BCUT2D eigenvalue weighted by Gasteiger charge is 2.69. The van der Waals surface area contributed by atoms with Gasteiger partial charge >= 0.3 is 5.97 Å². The summed E-state index contributed by atoms with van der Waals surface area (Å²) in [6.45, 7) is 14.8. The predicted molar refractivity (Wildman–Crippen MR) is 137 cm³/mol. The van der Waals surface area contributed by atoms with Crippen molar-refractivity contribution in [3.05, 3.63) is 23.3 Å². The van der Waals surface area contributed by atoms with Crippen molar-refractivity contribution in [1.82, 2.24) is 0 Å². The highest BCUT2D eigenvalue weighted by Crippen LogP contribution is 2.74. The number of rotatable bonds is 1. The smallest absolute Gasteiger partial charge is 0.309 e. The highest BCUT2D eigenvalue weighted by atomic mass is 16.4. The first-order valence-electron chi connectivity index (χ1n) is 13.7. The van der Waals surface area contributed by atoms with Crippen LogP contribution in [0.1, 0.15) is 93.4 Å². The van der Waals surface area contributed by atoms with E-state index >= 15 is 0 Å². The number of ketones is 2. The lowest BCUT2D eigenvalue weighted by atomic mass is 9.34. The molecular formula is C31H41NO4. The molecular weight excluding hydrogens is 450 g/mol. The van der Waals surface area contributed by atoms with Gasteiger partial charge in [0.1, 0.15) is 6.07 Å². The van der Waals surface area contributed by atoms with Crippen LogP contribution in [0.3, 0.4) is 0 Å². The van der Waals surface area contributed by atoms with Crippen LogP contribution in [0, 0.1) is 61.6 Å². The average molecular weight is 492 g/mol. The summed E-state index contributed by atoms with van der Waals surface area (Å²) in [7, 11) is 0. The Kier molecular flexibility index (Phi) is 5.09. The van der Waals surface area contributed by atoms with E-state index in [9.17, 15) is 24.8 Å². The van der Waals surface area contributed by atoms with E-state index in [-0.39, 0.29) is 51.1 Å². The minimum Gasteiger partial charge on any atom is -0.481 e. The maximum Gasteiger partial charge on any atom is 0.309 e. The molecule has 0 spiro atoms. The van der Waals surface area contributed by atoms with Crippen molar-refractivity contribution >= 4 is 17.5 Å². The van der Waals surface area contributed by atoms with Gasteiger partial charge in [0.2, 0.25) is 0 Å². The van der Waals surface area contributed by atoms with Crippen LogP contribution >= 0.6 is 0 Å². The van der Waals surface area contributed by atoms with Crippen molar-refractivity contribution in [2.75, 3.05) is 0 Å². The number of allylic oxidation sites excluding steroid dienone is 4. The molecule has 5 rings (SSSR count). The van der Waals surface area contributed by atoms with Crippen LogP contribution in [0.15, 0.2) is 23.3 Å². The van der Waals surface area contributed by atoms with Gasteiger partial charge in [0.25, 0.3) is 0 Å². The number of nitriles is 1. The molecule has 0 radical (unpaired) electrons. The molecule has 194 valence electrons. The Morgan fingerprint density at radius 2 is 1.64 bits per heavy atom. The zero-order chi connectivity index (χ0) is 26.7. The highest BCUT2D eigenvalue weighted by molar-refractivity contribution is 6.04. The minimum absolute atomic E-state index is 0.0231. The van der Waals surface area contributed by atoms with Gasteiger partial charge in [0.15, 0.2) is 11.6 Å². The largest absolute Gasteiger partial charge is 0.481 e. The summed E-state index contributed by atoms with van der Waals surface area (Å²) >= 11 is 0. The number of Topliss-reactive ketones (excluding diaryl/α,β-unsaturated/α-hetero) is 1. The van der Waals surface area contributed by atoms with Crippen molar-refractivity contribution < 1.29 is 19.5 Å². The van der Waals surface area contributed by atoms with E-state index in [0.29, 0.717) is 12.8 Å². The third-order valence-electron chi connectivity index (χ3n) is 12.6. The van der Waals surface area contributed by atoms with Gasteiger partial charge in [-0.3, -0.25) is 14.4 Å². The van der Waals surface area contributed by atoms with Crippen LogP contribution in [0.5, 0.6) is 0 Å². The first-order valence-corrected chi connectivity index (χ1v) is 13.7. The Labute approximate surface area is 215 Å². The number of carbonyl (C=O) groups excluding carboxylic acids is 2. The molecule has 36 heavy (non-hydrogen) atoms. The van der Waals surface area contributed by atoms with Crippen LogP contribution in [0.2, 0.25) is 0 Å². The predicted octanol–water partition coefficient (Wildman–Crippen LogP) is 6.29. The lowest BCUT2D eigenvalue weighted by molar-refractivity contribution is -0.178. The number of nitrogens with zero attached hydrogens (tertiary/aromatic N) is 1. The van der Waals surface area contributed by atoms with Crippen LogP contribution < -0.4 is 0 Å². The molecule has 2 unspecified atom stereocenters.